The maximum Gasteiger partial charge on any atom is 0.280 e. The largest absolute Gasteiger partial charge is 0.324 e. The van der Waals surface area contributed by atoms with Gasteiger partial charge in [0.25, 0.3) is 11.5 Å². The highest BCUT2D eigenvalue weighted by Gasteiger charge is 2.15. The quantitative estimate of drug-likeness (QED) is 0.315. The molecule has 5 aromatic rings. The molecule has 1 amide bonds. The fraction of sp³-hybridized carbons (Fsp3) is 0.111. The van der Waals surface area contributed by atoms with Gasteiger partial charge in [-0.15, -0.1) is 0 Å². The Morgan fingerprint density at radius 1 is 0.943 bits per heavy atom. The summed E-state index contributed by atoms with van der Waals surface area (Å²) in [5.41, 5.74) is 7.01. The number of amides is 1. The van der Waals surface area contributed by atoms with Gasteiger partial charge in [0.05, 0.1) is 17.1 Å². The summed E-state index contributed by atoms with van der Waals surface area (Å²) in [5, 5.41) is 4.70. The minimum Gasteiger partial charge on any atom is -0.324 e. The first-order valence-electron chi connectivity index (χ1n) is 11.2. The van der Waals surface area contributed by atoms with Crippen molar-refractivity contribution in [2.24, 2.45) is 5.10 Å². The molecule has 3 heterocycles. The highest BCUT2D eigenvalue weighted by atomic mass is 16.2. The first kappa shape index (κ1) is 22.1. The monoisotopic (exact) mass is 464 g/mol. The second-order valence-electron chi connectivity index (χ2n) is 8.27. The topological polar surface area (TPSA) is 86.2 Å². The molecule has 3 aromatic heterocycles. The summed E-state index contributed by atoms with van der Waals surface area (Å²) in [4.78, 5) is 30.4. The normalized spacial score (nSPS) is 11.4. The van der Waals surface area contributed by atoms with Gasteiger partial charge in [-0.05, 0) is 75.4 Å². The van der Waals surface area contributed by atoms with Crippen LogP contribution < -0.4 is 11.0 Å². The molecule has 2 aromatic carbocycles. The van der Waals surface area contributed by atoms with E-state index in [4.69, 9.17) is 0 Å². The van der Waals surface area contributed by atoms with Crippen LogP contribution in [0.2, 0.25) is 0 Å². The molecule has 0 atom stereocenters. The number of carbonyl (C=O) groups excluding carboxylic acids is 1. The Morgan fingerprint density at radius 2 is 1.66 bits per heavy atom. The summed E-state index contributed by atoms with van der Waals surface area (Å²) in [5.74, 6) is 0.274. The maximum absolute atomic E-state index is 13.2. The van der Waals surface area contributed by atoms with Crippen LogP contribution in [0.1, 0.15) is 33.1 Å². The third kappa shape index (κ3) is 4.06. The average molecular weight is 465 g/mol. The molecular formula is C27H24N6O2. The standard InChI is InChI=1S/C27H24N6O2/c1-18-16-22(17-28-30-26(34)21-10-12-23(13-11-21)31-14-6-7-15-31)19(2)32(18)33-20(3)29-25-9-5-4-8-24(25)27(33)35/h4-17H,1-3H3,(H,30,34). The SMILES string of the molecule is Cc1cc(C=NNC(=O)c2ccc(-n3cccc3)cc2)c(C)n1-n1c(C)nc2ccccc2c1=O. The van der Waals surface area contributed by atoms with Gasteiger partial charge in [0.15, 0.2) is 0 Å². The van der Waals surface area contributed by atoms with Gasteiger partial charge in [-0.2, -0.15) is 9.78 Å². The van der Waals surface area contributed by atoms with E-state index in [1.165, 1.54) is 0 Å². The summed E-state index contributed by atoms with van der Waals surface area (Å²) >= 11 is 0. The molecule has 0 aliphatic carbocycles. The summed E-state index contributed by atoms with van der Waals surface area (Å²) in [7, 11) is 0. The van der Waals surface area contributed by atoms with E-state index in [9.17, 15) is 9.59 Å². The Morgan fingerprint density at radius 3 is 2.40 bits per heavy atom. The first-order valence-corrected chi connectivity index (χ1v) is 11.2. The van der Waals surface area contributed by atoms with Crippen molar-refractivity contribution in [1.29, 1.82) is 0 Å². The third-order valence-electron chi connectivity index (χ3n) is 5.95. The molecule has 0 aliphatic heterocycles. The maximum atomic E-state index is 13.2. The minimum atomic E-state index is -0.306. The molecule has 0 radical (unpaired) electrons. The lowest BCUT2D eigenvalue weighted by Gasteiger charge is -2.16. The second kappa shape index (κ2) is 8.90. The summed E-state index contributed by atoms with van der Waals surface area (Å²) in [6.45, 7) is 5.62. The lowest BCUT2D eigenvalue weighted by Crippen LogP contribution is -2.30. The Kier molecular flexibility index (Phi) is 5.62. The molecule has 1 N–H and O–H groups in total. The van der Waals surface area contributed by atoms with Crippen molar-refractivity contribution >= 4 is 23.0 Å². The van der Waals surface area contributed by atoms with Gasteiger partial charge >= 0.3 is 0 Å². The summed E-state index contributed by atoms with van der Waals surface area (Å²) < 4.78 is 5.35. The molecule has 8 nitrogen and oxygen atoms in total. The van der Waals surface area contributed by atoms with E-state index in [0.717, 1.165) is 22.6 Å². The van der Waals surface area contributed by atoms with Gasteiger partial charge in [-0.25, -0.2) is 10.4 Å². The zero-order valence-electron chi connectivity index (χ0n) is 19.6. The molecule has 174 valence electrons. The molecule has 0 spiro atoms. The van der Waals surface area contributed by atoms with Crippen LogP contribution in [0.4, 0.5) is 0 Å². The van der Waals surface area contributed by atoms with Crippen LogP contribution in [0.3, 0.4) is 0 Å². The van der Waals surface area contributed by atoms with Crippen molar-refractivity contribution < 1.29 is 4.79 Å². The number of carbonyl (C=O) groups is 1. The molecule has 0 fully saturated rings. The molecule has 0 aliphatic rings. The van der Waals surface area contributed by atoms with Gasteiger partial charge in [0.2, 0.25) is 0 Å². The number of fused-ring (bicyclic) bond motifs is 1. The number of hydrazone groups is 1. The number of nitrogens with zero attached hydrogens (tertiary/aromatic N) is 5. The number of hydrogen-bond acceptors (Lipinski definition) is 4. The van der Waals surface area contributed by atoms with E-state index >= 15 is 0 Å². The van der Waals surface area contributed by atoms with Gasteiger partial charge in [0, 0.05) is 40.6 Å². The van der Waals surface area contributed by atoms with Crippen molar-refractivity contribution in [3.05, 3.63) is 118 Å². The first-order chi connectivity index (χ1) is 16.9. The Bertz CT molecular complexity index is 1620. The van der Waals surface area contributed by atoms with Crippen LogP contribution >= 0.6 is 0 Å². The molecular weight excluding hydrogens is 440 g/mol. The van der Waals surface area contributed by atoms with Crippen molar-refractivity contribution in [3.8, 4) is 5.69 Å². The Labute approximate surface area is 201 Å². The molecule has 0 bridgehead atoms. The number of nitrogens with one attached hydrogen (secondary N) is 1. The fourth-order valence-corrected chi connectivity index (χ4v) is 4.20. The lowest BCUT2D eigenvalue weighted by molar-refractivity contribution is 0.0955. The van der Waals surface area contributed by atoms with Gasteiger partial charge in [0.1, 0.15) is 5.82 Å². The van der Waals surface area contributed by atoms with E-state index < -0.39 is 0 Å². The zero-order chi connectivity index (χ0) is 24.5. The number of hydrogen-bond donors (Lipinski definition) is 1. The second-order valence-corrected chi connectivity index (χ2v) is 8.27. The Hall–Kier alpha value is -4.72. The van der Waals surface area contributed by atoms with Gasteiger partial charge < -0.3 is 4.57 Å². The van der Waals surface area contributed by atoms with E-state index in [2.05, 4.69) is 15.5 Å². The van der Waals surface area contributed by atoms with Crippen LogP contribution in [-0.4, -0.2) is 31.0 Å². The van der Waals surface area contributed by atoms with Crippen LogP contribution in [0.15, 0.2) is 89.0 Å². The van der Waals surface area contributed by atoms with Crippen LogP contribution in [0.25, 0.3) is 16.6 Å². The molecule has 0 saturated heterocycles. The van der Waals surface area contributed by atoms with E-state index in [1.807, 2.05) is 90.9 Å². The summed E-state index contributed by atoms with van der Waals surface area (Å²) in [6, 6.07) is 20.4. The third-order valence-corrected chi connectivity index (χ3v) is 5.95. The molecule has 0 unspecified atom stereocenters. The van der Waals surface area contributed by atoms with Crippen LogP contribution in [0.5, 0.6) is 0 Å². The molecule has 35 heavy (non-hydrogen) atoms. The predicted molar refractivity (Wildman–Crippen MR) is 136 cm³/mol. The zero-order valence-corrected chi connectivity index (χ0v) is 19.6. The number of rotatable bonds is 5. The highest BCUT2D eigenvalue weighted by Crippen LogP contribution is 2.16. The van der Waals surface area contributed by atoms with Gasteiger partial charge in [-0.3, -0.25) is 14.3 Å². The summed E-state index contributed by atoms with van der Waals surface area (Å²) in [6.07, 6.45) is 5.47. The van der Waals surface area contributed by atoms with Crippen LogP contribution in [-0.2, 0) is 0 Å². The average Bonchev–Trinajstić information content (AvgIpc) is 3.49. The van der Waals surface area contributed by atoms with Crippen LogP contribution in [0, 0.1) is 20.8 Å². The van der Waals surface area contributed by atoms with Crippen molar-refractivity contribution in [2.75, 3.05) is 0 Å². The van der Waals surface area contributed by atoms with E-state index in [-0.39, 0.29) is 11.5 Å². The molecule has 5 rings (SSSR count). The Balaban J connectivity index is 1.38. The fourth-order valence-electron chi connectivity index (χ4n) is 4.20. The predicted octanol–water partition coefficient (Wildman–Crippen LogP) is 3.99. The van der Waals surface area contributed by atoms with E-state index in [1.54, 1.807) is 29.1 Å². The van der Waals surface area contributed by atoms with E-state index in [0.29, 0.717) is 22.3 Å². The van der Waals surface area contributed by atoms with Crippen molar-refractivity contribution in [1.82, 2.24) is 24.3 Å². The number of benzene rings is 2. The number of para-hydroxylation sites is 1. The minimum absolute atomic E-state index is 0.143. The smallest absolute Gasteiger partial charge is 0.280 e. The number of aryl methyl sites for hydroxylation is 2. The molecule has 0 saturated carbocycles. The lowest BCUT2D eigenvalue weighted by atomic mass is 10.2. The van der Waals surface area contributed by atoms with Gasteiger partial charge in [-0.1, -0.05) is 12.1 Å². The van der Waals surface area contributed by atoms with Crippen molar-refractivity contribution in [3.63, 3.8) is 0 Å². The highest BCUT2D eigenvalue weighted by molar-refractivity contribution is 5.95. The molecule has 8 heteroatoms. The number of aromatic nitrogens is 4. The van der Waals surface area contributed by atoms with Crippen molar-refractivity contribution in [2.45, 2.75) is 20.8 Å².